The molecule has 0 radical (unpaired) electrons. The fourth-order valence-corrected chi connectivity index (χ4v) is 1.71. The third-order valence-electron chi connectivity index (χ3n) is 2.25. The molecule has 17 heavy (non-hydrogen) atoms. The van der Waals surface area contributed by atoms with Crippen molar-refractivity contribution in [3.05, 3.63) is 17.2 Å². The molecule has 0 saturated carbocycles. The summed E-state index contributed by atoms with van der Waals surface area (Å²) < 4.78 is 10.8. The van der Waals surface area contributed by atoms with Gasteiger partial charge in [-0.3, -0.25) is 0 Å². The quantitative estimate of drug-likeness (QED) is 0.628. The molecule has 1 aromatic carbocycles. The first-order valence-electron chi connectivity index (χ1n) is 5.45. The molecule has 1 rings (SSSR count). The van der Waals surface area contributed by atoms with Gasteiger partial charge in [-0.05, 0) is 26.6 Å². The van der Waals surface area contributed by atoms with E-state index in [-0.39, 0.29) is 0 Å². The summed E-state index contributed by atoms with van der Waals surface area (Å²) in [7, 11) is 5.62. The van der Waals surface area contributed by atoms with E-state index in [1.54, 1.807) is 19.2 Å². The summed E-state index contributed by atoms with van der Waals surface area (Å²) in [6.45, 7) is 1.56. The third kappa shape index (κ3) is 4.32. The predicted octanol–water partition coefficient (Wildman–Crippen LogP) is 2.26. The van der Waals surface area contributed by atoms with E-state index in [9.17, 15) is 0 Å². The maximum atomic E-state index is 6.06. The van der Waals surface area contributed by atoms with Crippen LogP contribution in [-0.4, -0.2) is 39.3 Å². The molecule has 0 aliphatic heterocycles. The minimum absolute atomic E-state index is 0.478. The van der Waals surface area contributed by atoms with Gasteiger partial charge in [0.25, 0.3) is 0 Å². The average molecular weight is 259 g/mol. The molecule has 96 valence electrons. The van der Waals surface area contributed by atoms with Crippen molar-refractivity contribution in [3.63, 3.8) is 0 Å². The molecule has 0 saturated heterocycles. The Morgan fingerprint density at radius 1 is 1.35 bits per heavy atom. The second-order valence-electron chi connectivity index (χ2n) is 4.04. The number of nitrogens with two attached hydrogens (primary N) is 1. The summed E-state index contributed by atoms with van der Waals surface area (Å²) in [6, 6.07) is 3.36. The number of anilines is 1. The SMILES string of the molecule is COc1cc(N)cc(Cl)c1OCCCN(C)C. The molecule has 0 spiro atoms. The highest BCUT2D eigenvalue weighted by Crippen LogP contribution is 2.37. The van der Waals surface area contributed by atoms with E-state index in [2.05, 4.69) is 4.90 Å². The van der Waals surface area contributed by atoms with Gasteiger partial charge in [0, 0.05) is 18.3 Å². The normalized spacial score (nSPS) is 10.6. The molecule has 0 fully saturated rings. The number of benzene rings is 1. The van der Waals surface area contributed by atoms with Gasteiger partial charge in [0.05, 0.1) is 18.7 Å². The van der Waals surface area contributed by atoms with Crippen molar-refractivity contribution >= 4 is 17.3 Å². The van der Waals surface area contributed by atoms with Gasteiger partial charge in [-0.25, -0.2) is 0 Å². The van der Waals surface area contributed by atoms with Crippen LogP contribution in [0.25, 0.3) is 0 Å². The number of halogens is 1. The first kappa shape index (κ1) is 13.9. The maximum absolute atomic E-state index is 6.06. The molecule has 0 amide bonds. The van der Waals surface area contributed by atoms with Gasteiger partial charge in [0.15, 0.2) is 11.5 Å². The Labute approximate surface area is 107 Å². The van der Waals surface area contributed by atoms with Crippen molar-refractivity contribution in [2.45, 2.75) is 6.42 Å². The van der Waals surface area contributed by atoms with Crippen molar-refractivity contribution in [1.29, 1.82) is 0 Å². The fraction of sp³-hybridized carbons (Fsp3) is 0.500. The molecular formula is C12H19ClN2O2. The van der Waals surface area contributed by atoms with E-state index in [0.717, 1.165) is 13.0 Å². The number of rotatable bonds is 6. The highest BCUT2D eigenvalue weighted by Gasteiger charge is 2.10. The van der Waals surface area contributed by atoms with Crippen LogP contribution in [0.3, 0.4) is 0 Å². The molecule has 0 unspecified atom stereocenters. The van der Waals surface area contributed by atoms with Crippen LogP contribution in [0.4, 0.5) is 5.69 Å². The van der Waals surface area contributed by atoms with Gasteiger partial charge in [0.1, 0.15) is 0 Å². The first-order chi connectivity index (χ1) is 8.04. The molecule has 0 heterocycles. The number of hydrogen-bond donors (Lipinski definition) is 1. The van der Waals surface area contributed by atoms with Crippen LogP contribution < -0.4 is 15.2 Å². The van der Waals surface area contributed by atoms with Gasteiger partial charge in [-0.15, -0.1) is 0 Å². The topological polar surface area (TPSA) is 47.7 Å². The van der Waals surface area contributed by atoms with E-state index in [0.29, 0.717) is 28.8 Å². The molecule has 2 N–H and O–H groups in total. The molecular weight excluding hydrogens is 240 g/mol. The summed E-state index contributed by atoms with van der Waals surface area (Å²) in [6.07, 6.45) is 0.927. The summed E-state index contributed by atoms with van der Waals surface area (Å²) >= 11 is 6.06. The van der Waals surface area contributed by atoms with Gasteiger partial charge in [0.2, 0.25) is 0 Å². The zero-order valence-electron chi connectivity index (χ0n) is 10.5. The maximum Gasteiger partial charge on any atom is 0.179 e. The fourth-order valence-electron chi connectivity index (χ4n) is 1.43. The Morgan fingerprint density at radius 3 is 2.65 bits per heavy atom. The largest absolute Gasteiger partial charge is 0.493 e. The number of ether oxygens (including phenoxy) is 2. The minimum Gasteiger partial charge on any atom is -0.493 e. The van der Waals surface area contributed by atoms with Crippen LogP contribution in [0, 0.1) is 0 Å². The van der Waals surface area contributed by atoms with Crippen LogP contribution in [-0.2, 0) is 0 Å². The summed E-state index contributed by atoms with van der Waals surface area (Å²) in [4.78, 5) is 2.10. The highest BCUT2D eigenvalue weighted by atomic mass is 35.5. The van der Waals surface area contributed by atoms with Crippen molar-refractivity contribution < 1.29 is 9.47 Å². The molecule has 5 heteroatoms. The van der Waals surface area contributed by atoms with Crippen molar-refractivity contribution in [1.82, 2.24) is 4.90 Å². The first-order valence-corrected chi connectivity index (χ1v) is 5.83. The van der Waals surface area contributed by atoms with Gasteiger partial charge < -0.3 is 20.1 Å². The lowest BCUT2D eigenvalue weighted by Gasteiger charge is -2.14. The summed E-state index contributed by atoms with van der Waals surface area (Å²) in [5.41, 5.74) is 6.23. The lowest BCUT2D eigenvalue weighted by atomic mass is 10.3. The molecule has 0 aliphatic rings. The Balaban J connectivity index is 2.63. The summed E-state index contributed by atoms with van der Waals surface area (Å²) in [5.74, 6) is 1.13. The monoisotopic (exact) mass is 258 g/mol. The lowest BCUT2D eigenvalue weighted by Crippen LogP contribution is -2.15. The number of nitrogens with zero attached hydrogens (tertiary/aromatic N) is 1. The Bertz CT molecular complexity index is 370. The zero-order chi connectivity index (χ0) is 12.8. The van der Waals surface area contributed by atoms with E-state index in [4.69, 9.17) is 26.8 Å². The molecule has 0 aromatic heterocycles. The van der Waals surface area contributed by atoms with Crippen LogP contribution in [0.15, 0.2) is 12.1 Å². The number of nitrogen functional groups attached to an aromatic ring is 1. The Hall–Kier alpha value is -1.13. The Morgan fingerprint density at radius 2 is 2.06 bits per heavy atom. The summed E-state index contributed by atoms with van der Waals surface area (Å²) in [5, 5.41) is 0.478. The van der Waals surface area contributed by atoms with Gasteiger partial charge >= 0.3 is 0 Å². The smallest absolute Gasteiger partial charge is 0.179 e. The Kier molecular flexibility index (Phi) is 5.38. The van der Waals surface area contributed by atoms with Gasteiger partial charge in [-0.2, -0.15) is 0 Å². The van der Waals surface area contributed by atoms with Crippen LogP contribution >= 0.6 is 11.6 Å². The minimum atomic E-state index is 0.478. The van der Waals surface area contributed by atoms with E-state index in [1.807, 2.05) is 14.1 Å². The van der Waals surface area contributed by atoms with E-state index in [1.165, 1.54) is 0 Å². The zero-order valence-corrected chi connectivity index (χ0v) is 11.3. The average Bonchev–Trinajstić information content (AvgIpc) is 2.25. The van der Waals surface area contributed by atoms with Crippen molar-refractivity contribution in [3.8, 4) is 11.5 Å². The van der Waals surface area contributed by atoms with Crippen LogP contribution in [0.1, 0.15) is 6.42 Å². The van der Waals surface area contributed by atoms with Crippen LogP contribution in [0.5, 0.6) is 11.5 Å². The number of hydrogen-bond acceptors (Lipinski definition) is 4. The van der Waals surface area contributed by atoms with Crippen molar-refractivity contribution in [2.24, 2.45) is 0 Å². The third-order valence-corrected chi connectivity index (χ3v) is 2.53. The van der Waals surface area contributed by atoms with Crippen LogP contribution in [0.2, 0.25) is 5.02 Å². The molecule has 0 aliphatic carbocycles. The van der Waals surface area contributed by atoms with Gasteiger partial charge in [-0.1, -0.05) is 11.6 Å². The molecule has 0 atom stereocenters. The predicted molar refractivity (Wildman–Crippen MR) is 71.1 cm³/mol. The standard InChI is InChI=1S/C12H19ClN2O2/c1-15(2)5-4-6-17-12-10(13)7-9(14)8-11(12)16-3/h7-8H,4-6,14H2,1-3H3. The molecule has 0 bridgehead atoms. The van der Waals surface area contributed by atoms with E-state index < -0.39 is 0 Å². The van der Waals surface area contributed by atoms with E-state index >= 15 is 0 Å². The molecule has 4 nitrogen and oxygen atoms in total. The lowest BCUT2D eigenvalue weighted by molar-refractivity contribution is 0.268. The second-order valence-corrected chi connectivity index (χ2v) is 4.45. The highest BCUT2D eigenvalue weighted by molar-refractivity contribution is 6.32. The second kappa shape index (κ2) is 6.57. The van der Waals surface area contributed by atoms with Crippen molar-refractivity contribution in [2.75, 3.05) is 40.1 Å². The number of methoxy groups -OCH3 is 1. The molecule has 1 aromatic rings.